The number of rotatable bonds is 15. The highest BCUT2D eigenvalue weighted by Gasteiger charge is 2.52. The average molecular weight is 738 g/mol. The number of ether oxygens (including phenoxy) is 7. The molecule has 1 aliphatic rings. The van der Waals surface area contributed by atoms with E-state index >= 15 is 0 Å². The molecule has 0 unspecified atom stereocenters. The van der Waals surface area contributed by atoms with Gasteiger partial charge in [0.15, 0.2) is 24.5 Å². The standard InChI is InChI=1S/C35H51N3O14/c1-18(2)26(38-34(45)47-16-24-14-12-11-13-15-24)31(43)37-27(32(44)52-35(8,9)10)19(3)48-33-28(36-20(4)39)30(50-23(7)42)29(49-22(6)41)25(51-33)17-46-21(5)40/h11-15,18-19,25-30,33H,16-17H2,1-10H3,(H,36,39)(H,37,43)(H,38,45)/t19-,25-,26+,27+,28-,29+,30-,33+/m1/s1. The van der Waals surface area contributed by atoms with Crippen molar-refractivity contribution in [1.29, 1.82) is 0 Å². The number of esters is 4. The molecule has 8 atom stereocenters. The van der Waals surface area contributed by atoms with Crippen LogP contribution in [-0.4, -0.2) is 103 Å². The van der Waals surface area contributed by atoms with Crippen LogP contribution in [0.25, 0.3) is 0 Å². The zero-order chi connectivity index (χ0) is 39.3. The van der Waals surface area contributed by atoms with Crippen molar-refractivity contribution in [3.63, 3.8) is 0 Å². The highest BCUT2D eigenvalue weighted by atomic mass is 16.7. The van der Waals surface area contributed by atoms with E-state index in [0.29, 0.717) is 0 Å². The van der Waals surface area contributed by atoms with Gasteiger partial charge in [-0.05, 0) is 39.2 Å². The molecule has 1 saturated heterocycles. The molecule has 17 heteroatoms. The molecule has 0 aromatic heterocycles. The monoisotopic (exact) mass is 737 g/mol. The first-order chi connectivity index (χ1) is 24.2. The molecule has 1 fully saturated rings. The van der Waals surface area contributed by atoms with E-state index in [1.807, 2.05) is 6.07 Å². The Morgan fingerprint density at radius 2 is 1.38 bits per heavy atom. The molecule has 1 heterocycles. The van der Waals surface area contributed by atoms with Crippen molar-refractivity contribution in [3.8, 4) is 0 Å². The molecule has 1 aliphatic heterocycles. The Morgan fingerprint density at radius 3 is 1.90 bits per heavy atom. The average Bonchev–Trinajstić information content (AvgIpc) is 3.02. The van der Waals surface area contributed by atoms with Gasteiger partial charge in [-0.25, -0.2) is 9.59 Å². The van der Waals surface area contributed by atoms with Gasteiger partial charge in [-0.15, -0.1) is 0 Å². The first-order valence-electron chi connectivity index (χ1n) is 16.7. The van der Waals surface area contributed by atoms with E-state index < -0.39 is 109 Å². The predicted molar refractivity (Wildman–Crippen MR) is 181 cm³/mol. The van der Waals surface area contributed by atoms with Crippen LogP contribution in [-0.2, 0) is 68.5 Å². The van der Waals surface area contributed by atoms with E-state index in [1.54, 1.807) is 58.9 Å². The molecular formula is C35H51N3O14. The van der Waals surface area contributed by atoms with E-state index in [1.165, 1.54) is 13.8 Å². The summed E-state index contributed by atoms with van der Waals surface area (Å²) in [4.78, 5) is 88.5. The van der Waals surface area contributed by atoms with Gasteiger partial charge in [0, 0.05) is 27.7 Å². The molecule has 3 N–H and O–H groups in total. The minimum absolute atomic E-state index is 0.0491. The Bertz CT molecular complexity index is 1410. The van der Waals surface area contributed by atoms with Gasteiger partial charge in [0.25, 0.3) is 0 Å². The number of hydrogen-bond donors (Lipinski definition) is 3. The summed E-state index contributed by atoms with van der Waals surface area (Å²) in [6.45, 7) is 13.6. The molecule has 17 nitrogen and oxygen atoms in total. The fourth-order valence-corrected chi connectivity index (χ4v) is 5.10. The topological polar surface area (TPSA) is 220 Å². The van der Waals surface area contributed by atoms with Gasteiger partial charge < -0.3 is 49.1 Å². The van der Waals surface area contributed by atoms with Crippen LogP contribution >= 0.6 is 0 Å². The molecule has 52 heavy (non-hydrogen) atoms. The van der Waals surface area contributed by atoms with Crippen LogP contribution in [0, 0.1) is 5.92 Å². The van der Waals surface area contributed by atoms with E-state index in [4.69, 9.17) is 33.2 Å². The first-order valence-corrected chi connectivity index (χ1v) is 16.7. The molecule has 1 aromatic rings. The van der Waals surface area contributed by atoms with Crippen molar-refractivity contribution in [2.75, 3.05) is 6.61 Å². The largest absolute Gasteiger partial charge is 0.463 e. The number of carbonyl (C=O) groups is 7. The van der Waals surface area contributed by atoms with Crippen molar-refractivity contribution in [3.05, 3.63) is 35.9 Å². The first kappa shape index (κ1) is 43.4. The van der Waals surface area contributed by atoms with Gasteiger partial charge in [0.2, 0.25) is 11.8 Å². The van der Waals surface area contributed by atoms with Gasteiger partial charge >= 0.3 is 30.0 Å². The van der Waals surface area contributed by atoms with Gasteiger partial charge in [0.1, 0.15) is 37.0 Å². The van der Waals surface area contributed by atoms with Crippen LogP contribution in [0.1, 0.15) is 74.8 Å². The summed E-state index contributed by atoms with van der Waals surface area (Å²) in [5.74, 6) is -5.09. The van der Waals surface area contributed by atoms with Gasteiger partial charge in [-0.2, -0.15) is 0 Å². The summed E-state index contributed by atoms with van der Waals surface area (Å²) in [6, 6.07) is 4.85. The number of hydrogen-bond acceptors (Lipinski definition) is 14. The minimum Gasteiger partial charge on any atom is -0.463 e. The Morgan fingerprint density at radius 1 is 0.788 bits per heavy atom. The highest BCUT2D eigenvalue weighted by molar-refractivity contribution is 5.90. The van der Waals surface area contributed by atoms with Gasteiger partial charge in [0.05, 0.1) is 6.10 Å². The molecule has 0 saturated carbocycles. The second kappa shape index (κ2) is 19.7. The predicted octanol–water partition coefficient (Wildman–Crippen LogP) is 1.83. The normalized spacial score (nSPS) is 21.7. The van der Waals surface area contributed by atoms with E-state index in [2.05, 4.69) is 16.0 Å². The van der Waals surface area contributed by atoms with Crippen LogP contribution in [0.15, 0.2) is 30.3 Å². The van der Waals surface area contributed by atoms with Crippen molar-refractivity contribution in [2.45, 2.75) is 130 Å². The Kier molecular flexibility index (Phi) is 16.5. The molecule has 290 valence electrons. The number of carbonyl (C=O) groups excluding carboxylic acids is 7. The third-order valence-electron chi connectivity index (χ3n) is 7.28. The number of amides is 3. The molecule has 3 amide bonds. The van der Waals surface area contributed by atoms with Crippen LogP contribution < -0.4 is 16.0 Å². The molecule has 1 aromatic carbocycles. The van der Waals surface area contributed by atoms with Crippen molar-refractivity contribution < 1.29 is 66.7 Å². The van der Waals surface area contributed by atoms with Gasteiger partial charge in [-0.3, -0.25) is 24.0 Å². The Hall–Kier alpha value is -4.77. The summed E-state index contributed by atoms with van der Waals surface area (Å²) in [6.07, 6.45) is -7.82. The molecule has 0 aliphatic carbocycles. The second-order valence-corrected chi connectivity index (χ2v) is 13.5. The maximum atomic E-state index is 13.7. The fourth-order valence-electron chi connectivity index (χ4n) is 5.10. The lowest BCUT2D eigenvalue weighted by atomic mass is 9.95. The van der Waals surface area contributed by atoms with Crippen molar-refractivity contribution >= 4 is 41.8 Å². The lowest BCUT2D eigenvalue weighted by Gasteiger charge is -2.46. The van der Waals surface area contributed by atoms with Crippen molar-refractivity contribution in [2.24, 2.45) is 5.92 Å². The Labute approximate surface area is 303 Å². The lowest BCUT2D eigenvalue weighted by Crippen LogP contribution is -2.67. The minimum atomic E-state index is -1.55. The third kappa shape index (κ3) is 14.5. The molecule has 0 spiro atoms. The third-order valence-corrected chi connectivity index (χ3v) is 7.28. The number of nitrogens with one attached hydrogen (secondary N) is 3. The van der Waals surface area contributed by atoms with Crippen LogP contribution in [0.4, 0.5) is 4.79 Å². The summed E-state index contributed by atoms with van der Waals surface area (Å²) in [5, 5.41) is 7.71. The maximum Gasteiger partial charge on any atom is 0.408 e. The van der Waals surface area contributed by atoms with Crippen LogP contribution in [0.3, 0.4) is 0 Å². The molecule has 0 radical (unpaired) electrons. The smallest absolute Gasteiger partial charge is 0.408 e. The van der Waals surface area contributed by atoms with Crippen molar-refractivity contribution in [1.82, 2.24) is 16.0 Å². The van der Waals surface area contributed by atoms with Gasteiger partial charge in [-0.1, -0.05) is 44.2 Å². The van der Waals surface area contributed by atoms with E-state index in [-0.39, 0.29) is 6.61 Å². The summed E-state index contributed by atoms with van der Waals surface area (Å²) in [7, 11) is 0. The highest BCUT2D eigenvalue weighted by Crippen LogP contribution is 2.29. The molecule has 0 bridgehead atoms. The number of alkyl carbamates (subject to hydrolysis) is 1. The van der Waals surface area contributed by atoms with E-state index in [0.717, 1.165) is 26.3 Å². The lowest BCUT2D eigenvalue weighted by molar-refractivity contribution is -0.288. The molecular weight excluding hydrogens is 686 g/mol. The zero-order valence-electron chi connectivity index (χ0n) is 31.2. The number of benzene rings is 1. The van der Waals surface area contributed by atoms with Crippen LogP contribution in [0.2, 0.25) is 0 Å². The maximum absolute atomic E-state index is 13.7. The zero-order valence-corrected chi connectivity index (χ0v) is 31.2. The SMILES string of the molecule is CC(=O)N[C@H]1[C@@H](O[C@H](C)[C@H](NC(=O)[C@@H](NC(=O)OCc2ccccc2)C(C)C)C(=O)OC(C)(C)C)O[C@H](COC(C)=O)[C@H](OC(C)=O)[C@@H]1OC(C)=O. The Balaban J connectivity index is 2.45. The summed E-state index contributed by atoms with van der Waals surface area (Å²) >= 11 is 0. The quantitative estimate of drug-likeness (QED) is 0.173. The fraction of sp³-hybridized carbons (Fsp3) is 0.629. The summed E-state index contributed by atoms with van der Waals surface area (Å²) < 4.78 is 39.2. The van der Waals surface area contributed by atoms with Crippen LogP contribution in [0.5, 0.6) is 0 Å². The molecule has 2 rings (SSSR count). The second-order valence-electron chi connectivity index (χ2n) is 13.5. The summed E-state index contributed by atoms with van der Waals surface area (Å²) in [5.41, 5.74) is -0.282. The van der Waals surface area contributed by atoms with E-state index in [9.17, 15) is 33.6 Å².